The summed E-state index contributed by atoms with van der Waals surface area (Å²) in [5.74, 6) is -0.0712. The SMILES string of the molecule is C[B]c1cc(CN(C(=O)[C@@H]2CCCNC2)C2CC2)cc(C(O)c2cccc(F)c2)c1C. The first-order valence-corrected chi connectivity index (χ1v) is 11.4. The van der Waals surface area contributed by atoms with E-state index in [0.29, 0.717) is 18.2 Å². The van der Waals surface area contributed by atoms with Gasteiger partial charge in [-0.3, -0.25) is 4.79 Å². The lowest BCUT2D eigenvalue weighted by molar-refractivity contribution is -0.137. The lowest BCUT2D eigenvalue weighted by Crippen LogP contribution is -2.43. The van der Waals surface area contributed by atoms with Crippen molar-refractivity contribution in [2.24, 2.45) is 5.92 Å². The standard InChI is InChI=1S/C25H31BFN2O2/c1-16-22(24(30)18-5-3-7-20(27)13-18)11-17(12-23(16)26-2)15-29(21-8-9-21)25(31)19-6-4-10-28-14-19/h3,5,7,11-13,19,21,24,28,30H,4,6,8-10,14-15H2,1-2H3/t19-,24?/m1/s1. The molecule has 1 heterocycles. The van der Waals surface area contributed by atoms with Crippen molar-refractivity contribution in [1.82, 2.24) is 10.2 Å². The predicted molar refractivity (Wildman–Crippen MR) is 122 cm³/mol. The monoisotopic (exact) mass is 421 g/mol. The van der Waals surface area contributed by atoms with Gasteiger partial charge in [-0.2, -0.15) is 0 Å². The molecule has 1 unspecified atom stereocenters. The molecule has 2 atom stereocenters. The highest BCUT2D eigenvalue weighted by atomic mass is 19.1. The van der Waals surface area contributed by atoms with Crippen molar-refractivity contribution in [1.29, 1.82) is 0 Å². The van der Waals surface area contributed by atoms with Crippen LogP contribution in [0, 0.1) is 18.7 Å². The van der Waals surface area contributed by atoms with Crippen LogP contribution in [0.2, 0.25) is 6.82 Å². The molecule has 2 fully saturated rings. The van der Waals surface area contributed by atoms with Crippen LogP contribution in [0.15, 0.2) is 36.4 Å². The number of benzene rings is 2. The minimum atomic E-state index is -0.915. The van der Waals surface area contributed by atoms with Gasteiger partial charge in [0.1, 0.15) is 19.2 Å². The number of nitrogens with one attached hydrogen (secondary N) is 1. The van der Waals surface area contributed by atoms with E-state index in [0.717, 1.165) is 60.9 Å². The summed E-state index contributed by atoms with van der Waals surface area (Å²) in [6.45, 7) is 6.25. The first-order chi connectivity index (χ1) is 15.0. The van der Waals surface area contributed by atoms with E-state index in [1.54, 1.807) is 12.1 Å². The van der Waals surface area contributed by atoms with Crippen molar-refractivity contribution >= 4 is 18.6 Å². The molecule has 1 saturated heterocycles. The third kappa shape index (κ3) is 5.02. The van der Waals surface area contributed by atoms with E-state index in [1.165, 1.54) is 12.1 Å². The summed E-state index contributed by atoms with van der Waals surface area (Å²) in [6.07, 6.45) is 3.19. The zero-order valence-electron chi connectivity index (χ0n) is 18.4. The molecule has 2 N–H and O–H groups in total. The second-order valence-corrected chi connectivity index (χ2v) is 8.89. The molecular formula is C25H31BFN2O2. The molecule has 6 heteroatoms. The Morgan fingerprint density at radius 3 is 2.74 bits per heavy atom. The van der Waals surface area contributed by atoms with Crippen molar-refractivity contribution < 1.29 is 14.3 Å². The summed E-state index contributed by atoms with van der Waals surface area (Å²) in [5, 5.41) is 14.4. The van der Waals surface area contributed by atoms with Gasteiger partial charge >= 0.3 is 0 Å². The maximum atomic E-state index is 13.7. The Morgan fingerprint density at radius 1 is 1.29 bits per heavy atom. The van der Waals surface area contributed by atoms with Gasteiger partial charge in [-0.05, 0) is 68.0 Å². The molecule has 163 valence electrons. The molecule has 1 radical (unpaired) electrons. The number of amides is 1. The molecule has 2 aromatic rings. The van der Waals surface area contributed by atoms with Crippen LogP contribution >= 0.6 is 0 Å². The fourth-order valence-electron chi connectivity index (χ4n) is 4.62. The third-order valence-electron chi connectivity index (χ3n) is 6.59. The summed E-state index contributed by atoms with van der Waals surface area (Å²) < 4.78 is 13.7. The number of aliphatic hydroxyl groups is 1. The number of carbonyl (C=O) groups is 1. The van der Waals surface area contributed by atoms with Gasteiger partial charge in [-0.1, -0.05) is 42.1 Å². The average Bonchev–Trinajstić information content (AvgIpc) is 3.63. The minimum Gasteiger partial charge on any atom is -0.384 e. The summed E-state index contributed by atoms with van der Waals surface area (Å²) in [7, 11) is 2.02. The van der Waals surface area contributed by atoms with Crippen molar-refractivity contribution in [3.8, 4) is 0 Å². The van der Waals surface area contributed by atoms with Crippen LogP contribution in [-0.4, -0.2) is 42.3 Å². The molecule has 0 aromatic heterocycles. The number of hydrogen-bond acceptors (Lipinski definition) is 3. The highest BCUT2D eigenvalue weighted by Crippen LogP contribution is 2.32. The number of hydrogen-bond donors (Lipinski definition) is 2. The Labute approximate surface area is 185 Å². The largest absolute Gasteiger partial charge is 0.384 e. The van der Waals surface area contributed by atoms with Gasteiger partial charge in [0.2, 0.25) is 5.91 Å². The van der Waals surface area contributed by atoms with Gasteiger partial charge in [0, 0.05) is 19.1 Å². The number of aliphatic hydroxyl groups excluding tert-OH is 1. The molecule has 1 aliphatic carbocycles. The Bertz CT molecular complexity index is 941. The molecule has 1 amide bonds. The molecule has 4 rings (SSSR count). The predicted octanol–water partition coefficient (Wildman–Crippen LogP) is 3.08. The smallest absolute Gasteiger partial charge is 0.227 e. The van der Waals surface area contributed by atoms with Crippen LogP contribution in [0.3, 0.4) is 0 Å². The summed E-state index contributed by atoms with van der Waals surface area (Å²) in [4.78, 5) is 15.3. The number of rotatable bonds is 7. The van der Waals surface area contributed by atoms with E-state index in [1.807, 2.05) is 32.0 Å². The zero-order chi connectivity index (χ0) is 22.0. The fourth-order valence-corrected chi connectivity index (χ4v) is 4.62. The van der Waals surface area contributed by atoms with E-state index in [4.69, 9.17) is 0 Å². The average molecular weight is 421 g/mol. The van der Waals surface area contributed by atoms with Crippen molar-refractivity contribution in [2.75, 3.05) is 13.1 Å². The van der Waals surface area contributed by atoms with E-state index < -0.39 is 6.10 Å². The van der Waals surface area contributed by atoms with Gasteiger partial charge in [0.05, 0.1) is 5.92 Å². The van der Waals surface area contributed by atoms with E-state index >= 15 is 0 Å². The number of nitrogens with zero attached hydrogens (tertiary/aromatic N) is 1. The van der Waals surface area contributed by atoms with Gasteiger partial charge in [-0.15, -0.1) is 0 Å². The second kappa shape index (κ2) is 9.53. The molecule has 1 saturated carbocycles. The van der Waals surface area contributed by atoms with E-state index in [9.17, 15) is 14.3 Å². The zero-order valence-corrected chi connectivity index (χ0v) is 18.4. The quantitative estimate of drug-likeness (QED) is 0.676. The molecular weight excluding hydrogens is 390 g/mol. The maximum Gasteiger partial charge on any atom is 0.227 e. The molecule has 1 aliphatic heterocycles. The number of halogens is 1. The van der Waals surface area contributed by atoms with Crippen LogP contribution in [0.5, 0.6) is 0 Å². The molecule has 31 heavy (non-hydrogen) atoms. The normalized spacial score (nSPS) is 19.7. The van der Waals surface area contributed by atoms with Crippen molar-refractivity contribution in [3.63, 3.8) is 0 Å². The highest BCUT2D eigenvalue weighted by Gasteiger charge is 2.36. The van der Waals surface area contributed by atoms with E-state index in [2.05, 4.69) is 11.4 Å². The van der Waals surface area contributed by atoms with Gasteiger partial charge in [-0.25, -0.2) is 4.39 Å². The molecule has 4 nitrogen and oxygen atoms in total. The van der Waals surface area contributed by atoms with Gasteiger partial charge in [0.25, 0.3) is 0 Å². The Kier molecular flexibility index (Phi) is 6.78. The first-order valence-electron chi connectivity index (χ1n) is 11.4. The van der Waals surface area contributed by atoms with Crippen LogP contribution in [0.4, 0.5) is 4.39 Å². The second-order valence-electron chi connectivity index (χ2n) is 8.89. The Morgan fingerprint density at radius 2 is 2.10 bits per heavy atom. The van der Waals surface area contributed by atoms with E-state index in [-0.39, 0.29) is 17.6 Å². The fraction of sp³-hybridized carbons (Fsp3) is 0.480. The molecule has 2 aromatic carbocycles. The molecule has 0 bridgehead atoms. The topological polar surface area (TPSA) is 52.6 Å². The first kappa shape index (κ1) is 22.0. The van der Waals surface area contributed by atoms with Crippen molar-refractivity contribution in [2.45, 2.75) is 58.1 Å². The molecule has 0 spiro atoms. The van der Waals surface area contributed by atoms with Gasteiger partial charge in [0.15, 0.2) is 0 Å². The van der Waals surface area contributed by atoms with Crippen LogP contribution < -0.4 is 10.8 Å². The number of carbonyl (C=O) groups excluding carboxylic acids is 1. The van der Waals surface area contributed by atoms with Crippen LogP contribution in [0.1, 0.15) is 54.0 Å². The molecule has 2 aliphatic rings. The van der Waals surface area contributed by atoms with Crippen LogP contribution in [-0.2, 0) is 11.3 Å². The Hall–Kier alpha value is -2.18. The lowest BCUT2D eigenvalue weighted by Gasteiger charge is -2.30. The third-order valence-corrected chi connectivity index (χ3v) is 6.59. The number of piperidine rings is 1. The summed E-state index contributed by atoms with van der Waals surface area (Å²) >= 11 is 0. The maximum absolute atomic E-state index is 13.7. The Balaban J connectivity index is 1.63. The minimum absolute atomic E-state index is 0.0503. The highest BCUT2D eigenvalue weighted by molar-refractivity contribution is 6.52. The lowest BCUT2D eigenvalue weighted by atomic mass is 9.69. The van der Waals surface area contributed by atoms with Crippen molar-refractivity contribution in [3.05, 3.63) is 64.5 Å². The van der Waals surface area contributed by atoms with Crippen LogP contribution in [0.25, 0.3) is 0 Å². The van der Waals surface area contributed by atoms with Gasteiger partial charge < -0.3 is 15.3 Å². The summed E-state index contributed by atoms with van der Waals surface area (Å²) in [5.41, 5.74) is 4.31. The summed E-state index contributed by atoms with van der Waals surface area (Å²) in [6, 6.07) is 10.5.